The first kappa shape index (κ1) is 13.7. The molecule has 0 heterocycles. The summed E-state index contributed by atoms with van der Waals surface area (Å²) in [5.41, 5.74) is 7.34. The fourth-order valence-corrected chi connectivity index (χ4v) is 1.89. The normalized spacial score (nSPS) is 12.2. The van der Waals surface area contributed by atoms with Gasteiger partial charge in [-0.25, -0.2) is 4.39 Å². The van der Waals surface area contributed by atoms with E-state index in [9.17, 15) is 4.39 Å². The molecule has 17 heavy (non-hydrogen) atoms. The van der Waals surface area contributed by atoms with E-state index in [1.54, 1.807) is 6.07 Å². The molecule has 1 rings (SSSR count). The van der Waals surface area contributed by atoms with Crippen molar-refractivity contribution in [1.82, 2.24) is 0 Å². The molecule has 1 atom stereocenters. The van der Waals surface area contributed by atoms with E-state index in [0.717, 1.165) is 24.9 Å². The molecule has 0 fully saturated rings. The van der Waals surface area contributed by atoms with Crippen molar-refractivity contribution in [3.05, 3.63) is 42.2 Å². The third-order valence-electron chi connectivity index (χ3n) is 2.79. The summed E-state index contributed by atoms with van der Waals surface area (Å²) in [5, 5.41) is 0. The molecule has 0 amide bonds. The van der Waals surface area contributed by atoms with E-state index in [4.69, 9.17) is 5.73 Å². The van der Waals surface area contributed by atoms with E-state index < -0.39 is 0 Å². The van der Waals surface area contributed by atoms with Crippen molar-refractivity contribution < 1.29 is 4.39 Å². The molecule has 0 aliphatic carbocycles. The third-order valence-corrected chi connectivity index (χ3v) is 2.79. The molecule has 0 spiro atoms. The highest BCUT2D eigenvalue weighted by Crippen LogP contribution is 2.27. The average Bonchev–Trinajstić information content (AvgIpc) is 2.28. The number of halogens is 1. The van der Waals surface area contributed by atoms with Crippen molar-refractivity contribution in [2.24, 2.45) is 5.73 Å². The van der Waals surface area contributed by atoms with Gasteiger partial charge in [0.1, 0.15) is 5.82 Å². The highest BCUT2D eigenvalue weighted by Gasteiger charge is 2.14. The zero-order valence-electron chi connectivity index (χ0n) is 10.6. The quantitative estimate of drug-likeness (QED) is 0.607. The van der Waals surface area contributed by atoms with Gasteiger partial charge in [-0.3, -0.25) is 0 Å². The maximum absolute atomic E-state index is 13.9. The lowest BCUT2D eigenvalue weighted by molar-refractivity contribution is 0.614. The molecule has 1 aromatic rings. The highest BCUT2D eigenvalue weighted by molar-refractivity contribution is 5.55. The van der Waals surface area contributed by atoms with Crippen LogP contribution in [0.2, 0.25) is 0 Å². The third kappa shape index (κ3) is 3.56. The van der Waals surface area contributed by atoms with Crippen molar-refractivity contribution in [3.63, 3.8) is 0 Å². The maximum atomic E-state index is 13.9. The number of rotatable bonds is 6. The lowest BCUT2D eigenvalue weighted by atomic mass is 10.1. The molecule has 1 aromatic carbocycles. The molecular weight excluding hydrogens is 215 g/mol. The SMILES string of the molecule is C=CCCCN(C)c1c(F)cccc1[C@H](C)N. The second-order valence-electron chi connectivity index (χ2n) is 4.32. The Morgan fingerprint density at radius 3 is 2.82 bits per heavy atom. The zero-order valence-corrected chi connectivity index (χ0v) is 10.6. The maximum Gasteiger partial charge on any atom is 0.146 e. The molecule has 94 valence electrons. The molecule has 2 nitrogen and oxygen atoms in total. The number of nitrogens with two attached hydrogens (primary N) is 1. The highest BCUT2D eigenvalue weighted by atomic mass is 19.1. The summed E-state index contributed by atoms with van der Waals surface area (Å²) < 4.78 is 13.9. The first-order valence-corrected chi connectivity index (χ1v) is 5.94. The number of para-hydroxylation sites is 1. The smallest absolute Gasteiger partial charge is 0.146 e. The van der Waals surface area contributed by atoms with Gasteiger partial charge in [-0.05, 0) is 31.4 Å². The van der Waals surface area contributed by atoms with Gasteiger partial charge >= 0.3 is 0 Å². The lowest BCUT2D eigenvalue weighted by Crippen LogP contribution is -2.23. The predicted octanol–water partition coefficient (Wildman–Crippen LogP) is 3.25. The monoisotopic (exact) mass is 236 g/mol. The fraction of sp³-hybridized carbons (Fsp3) is 0.429. The van der Waals surface area contributed by atoms with E-state index in [1.807, 2.05) is 31.0 Å². The number of unbranched alkanes of at least 4 members (excludes halogenated alkanes) is 1. The molecule has 0 unspecified atom stereocenters. The van der Waals surface area contributed by atoms with Crippen LogP contribution in [-0.2, 0) is 0 Å². The van der Waals surface area contributed by atoms with Crippen molar-refractivity contribution in [1.29, 1.82) is 0 Å². The van der Waals surface area contributed by atoms with Crippen molar-refractivity contribution in [2.45, 2.75) is 25.8 Å². The summed E-state index contributed by atoms with van der Waals surface area (Å²) in [6, 6.07) is 4.90. The standard InChI is InChI=1S/C14H21FN2/c1-4-5-6-10-17(3)14-12(11(2)16)8-7-9-13(14)15/h4,7-9,11H,1,5-6,10,16H2,2-3H3/t11-/m0/s1. The number of allylic oxidation sites excluding steroid dienone is 1. The first-order valence-electron chi connectivity index (χ1n) is 5.94. The number of nitrogens with zero attached hydrogens (tertiary/aromatic N) is 1. The Balaban J connectivity index is 2.90. The number of hydrogen-bond donors (Lipinski definition) is 1. The van der Waals surface area contributed by atoms with E-state index >= 15 is 0 Å². The Bertz CT molecular complexity index is 374. The van der Waals surface area contributed by atoms with Crippen LogP contribution in [0.15, 0.2) is 30.9 Å². The van der Waals surface area contributed by atoms with Gasteiger partial charge in [0.25, 0.3) is 0 Å². The summed E-state index contributed by atoms with van der Waals surface area (Å²) in [6.45, 7) is 6.35. The van der Waals surface area contributed by atoms with Gasteiger partial charge in [-0.15, -0.1) is 6.58 Å². The molecule has 0 radical (unpaired) electrons. The summed E-state index contributed by atoms with van der Waals surface area (Å²) in [6.07, 6.45) is 3.78. The van der Waals surface area contributed by atoms with Gasteiger partial charge in [0.05, 0.1) is 5.69 Å². The summed E-state index contributed by atoms with van der Waals surface area (Å²) in [4.78, 5) is 1.93. The zero-order chi connectivity index (χ0) is 12.8. The van der Waals surface area contributed by atoms with Crippen LogP contribution in [-0.4, -0.2) is 13.6 Å². The minimum absolute atomic E-state index is 0.164. The minimum Gasteiger partial charge on any atom is -0.372 e. The van der Waals surface area contributed by atoms with Crippen LogP contribution in [0.5, 0.6) is 0 Å². The average molecular weight is 236 g/mol. The van der Waals surface area contributed by atoms with E-state index in [-0.39, 0.29) is 11.9 Å². The van der Waals surface area contributed by atoms with E-state index in [0.29, 0.717) is 5.69 Å². The summed E-state index contributed by atoms with van der Waals surface area (Å²) >= 11 is 0. The molecule has 3 heteroatoms. The fourth-order valence-electron chi connectivity index (χ4n) is 1.89. The van der Waals surface area contributed by atoms with Crippen LogP contribution in [0.25, 0.3) is 0 Å². The molecule has 0 saturated carbocycles. The van der Waals surface area contributed by atoms with Crippen LogP contribution in [0.4, 0.5) is 10.1 Å². The van der Waals surface area contributed by atoms with Gasteiger partial charge in [0.2, 0.25) is 0 Å². The van der Waals surface area contributed by atoms with Crippen LogP contribution in [0, 0.1) is 5.82 Å². The predicted molar refractivity (Wildman–Crippen MR) is 71.7 cm³/mol. The van der Waals surface area contributed by atoms with E-state index in [1.165, 1.54) is 6.07 Å². The van der Waals surface area contributed by atoms with Crippen LogP contribution in [0.3, 0.4) is 0 Å². The topological polar surface area (TPSA) is 29.3 Å². The molecule has 0 aliphatic heterocycles. The molecule has 0 aliphatic rings. The summed E-state index contributed by atoms with van der Waals surface area (Å²) in [7, 11) is 1.90. The van der Waals surface area contributed by atoms with Crippen LogP contribution < -0.4 is 10.6 Å². The Morgan fingerprint density at radius 1 is 1.53 bits per heavy atom. The molecule has 2 N–H and O–H groups in total. The van der Waals surface area contributed by atoms with Gasteiger partial charge in [-0.2, -0.15) is 0 Å². The van der Waals surface area contributed by atoms with Crippen molar-refractivity contribution >= 4 is 5.69 Å². The Labute approximate surface area is 103 Å². The second-order valence-corrected chi connectivity index (χ2v) is 4.32. The molecular formula is C14H21FN2. The van der Waals surface area contributed by atoms with Crippen molar-refractivity contribution in [2.75, 3.05) is 18.5 Å². The number of benzene rings is 1. The largest absolute Gasteiger partial charge is 0.372 e. The minimum atomic E-state index is -0.207. The van der Waals surface area contributed by atoms with Gasteiger partial charge in [0.15, 0.2) is 0 Å². The molecule has 0 aromatic heterocycles. The number of hydrogen-bond acceptors (Lipinski definition) is 2. The molecule has 0 bridgehead atoms. The molecule has 0 saturated heterocycles. The van der Waals surface area contributed by atoms with Gasteiger partial charge < -0.3 is 10.6 Å². The van der Waals surface area contributed by atoms with Gasteiger partial charge in [0, 0.05) is 19.6 Å². The van der Waals surface area contributed by atoms with Gasteiger partial charge in [-0.1, -0.05) is 18.2 Å². The lowest BCUT2D eigenvalue weighted by Gasteiger charge is -2.24. The Morgan fingerprint density at radius 2 is 2.24 bits per heavy atom. The number of anilines is 1. The van der Waals surface area contributed by atoms with Crippen LogP contribution in [0.1, 0.15) is 31.4 Å². The Kier molecular flexibility index (Phi) is 5.16. The summed E-state index contributed by atoms with van der Waals surface area (Å²) in [5.74, 6) is -0.207. The van der Waals surface area contributed by atoms with Crippen molar-refractivity contribution in [3.8, 4) is 0 Å². The second kappa shape index (κ2) is 6.40. The first-order chi connectivity index (χ1) is 8.07. The van der Waals surface area contributed by atoms with E-state index in [2.05, 4.69) is 6.58 Å². The Hall–Kier alpha value is -1.35. The van der Waals surface area contributed by atoms with Crippen LogP contribution >= 0.6 is 0 Å².